The molecule has 0 N–H and O–H groups in total. The molecule has 14 rings (SSSR count). The highest BCUT2D eigenvalue weighted by Crippen LogP contribution is 2.50. The fourth-order valence-electron chi connectivity index (χ4n) is 11.0. The minimum absolute atomic E-state index is 1.24. The highest BCUT2D eigenvalue weighted by Gasteiger charge is 2.22. The Kier molecular flexibility index (Phi) is 8.43. The van der Waals surface area contributed by atoms with Gasteiger partial charge in [-0.25, -0.2) is 0 Å². The molecule has 0 saturated carbocycles. The molecule has 2 heteroatoms. The SMILES string of the molecule is c1ccc(-c2ccc3sc4ccc(-c5c6ccccc6c(-c6cccc7sc8cc(-c9c%10ccccc%10c(-c%10ccccc%10)c%10ccccc9%10)ccc8c67)c6ccccc56)cc4c3c2)cc1. The van der Waals surface area contributed by atoms with E-state index in [4.69, 9.17) is 0 Å². The Balaban J connectivity index is 0.972. The third-order valence-corrected chi connectivity index (χ3v) is 16.1. The predicted octanol–water partition coefficient (Wildman–Crippen LogP) is 19.4. The summed E-state index contributed by atoms with van der Waals surface area (Å²) in [6, 6.07) is 85.9. The van der Waals surface area contributed by atoms with Gasteiger partial charge in [0.2, 0.25) is 0 Å². The van der Waals surface area contributed by atoms with Gasteiger partial charge in [-0.05, 0) is 135 Å². The van der Waals surface area contributed by atoms with Crippen LogP contribution in [0.5, 0.6) is 0 Å². The molecule has 0 aliphatic carbocycles. The fraction of sp³-hybridized carbons (Fsp3) is 0. The molecule has 66 heavy (non-hydrogen) atoms. The van der Waals surface area contributed by atoms with Gasteiger partial charge in [0.25, 0.3) is 0 Å². The van der Waals surface area contributed by atoms with Crippen LogP contribution in [-0.2, 0) is 0 Å². The summed E-state index contributed by atoms with van der Waals surface area (Å²) in [6.45, 7) is 0. The van der Waals surface area contributed by atoms with Crippen LogP contribution in [-0.4, -0.2) is 0 Å². The van der Waals surface area contributed by atoms with Gasteiger partial charge in [0, 0.05) is 40.3 Å². The standard InChI is InChI=1S/C64H38S2/c1-3-16-39(17-4-1)41-31-34-56-54(36-41)55-37-42(32-35-57(55)65-56)61-48-24-11-13-26-50(48)63(51-27-14-12-25-49(51)61)53-28-15-29-58-64(53)52-33-30-43(38-59(52)66-58)62-46-22-9-7-20-44(46)60(40-18-5-2-6-19-40)45-21-8-10-23-47(45)62/h1-38H. The molecule has 2 heterocycles. The first kappa shape index (κ1) is 37.5. The third-order valence-electron chi connectivity index (χ3n) is 13.8. The Morgan fingerprint density at radius 3 is 1.15 bits per heavy atom. The van der Waals surface area contributed by atoms with E-state index in [1.54, 1.807) is 0 Å². The van der Waals surface area contributed by atoms with Crippen molar-refractivity contribution in [1.82, 2.24) is 0 Å². The molecular formula is C64H38S2. The van der Waals surface area contributed by atoms with Crippen LogP contribution in [0.4, 0.5) is 0 Å². The lowest BCUT2D eigenvalue weighted by Gasteiger charge is -2.19. The van der Waals surface area contributed by atoms with E-state index in [0.29, 0.717) is 0 Å². The summed E-state index contributed by atoms with van der Waals surface area (Å²) < 4.78 is 5.23. The van der Waals surface area contributed by atoms with Crippen LogP contribution in [0.25, 0.3) is 139 Å². The largest absolute Gasteiger partial charge is 0.135 e. The Morgan fingerprint density at radius 2 is 0.606 bits per heavy atom. The third kappa shape index (κ3) is 5.69. The van der Waals surface area contributed by atoms with E-state index in [0.717, 1.165) is 0 Å². The average Bonchev–Trinajstić information content (AvgIpc) is 3.95. The molecule has 12 aromatic carbocycles. The van der Waals surface area contributed by atoms with Gasteiger partial charge in [0.05, 0.1) is 0 Å². The van der Waals surface area contributed by atoms with E-state index >= 15 is 0 Å². The first-order valence-corrected chi connectivity index (χ1v) is 24.3. The van der Waals surface area contributed by atoms with Crippen molar-refractivity contribution >= 4 is 106 Å². The Bertz CT molecular complexity index is 4150. The monoisotopic (exact) mass is 870 g/mol. The zero-order valence-electron chi connectivity index (χ0n) is 35.8. The lowest BCUT2D eigenvalue weighted by Crippen LogP contribution is -1.91. The summed E-state index contributed by atoms with van der Waals surface area (Å²) in [6.07, 6.45) is 0. The van der Waals surface area contributed by atoms with Crippen LogP contribution >= 0.6 is 22.7 Å². The summed E-state index contributed by atoms with van der Waals surface area (Å²) in [5.41, 5.74) is 12.7. The smallest absolute Gasteiger partial charge is 0.0361 e. The molecule has 0 aliphatic rings. The maximum absolute atomic E-state index is 2.45. The molecule has 0 unspecified atom stereocenters. The topological polar surface area (TPSA) is 0 Å². The normalized spacial score (nSPS) is 11.9. The van der Waals surface area contributed by atoms with Crippen molar-refractivity contribution in [2.45, 2.75) is 0 Å². The zero-order valence-corrected chi connectivity index (χ0v) is 37.4. The maximum Gasteiger partial charge on any atom is 0.0361 e. The van der Waals surface area contributed by atoms with Gasteiger partial charge in [0.15, 0.2) is 0 Å². The van der Waals surface area contributed by atoms with Crippen LogP contribution in [0.3, 0.4) is 0 Å². The second kappa shape index (κ2) is 14.8. The van der Waals surface area contributed by atoms with Gasteiger partial charge in [-0.15, -0.1) is 22.7 Å². The number of benzene rings is 12. The van der Waals surface area contributed by atoms with Gasteiger partial charge in [0.1, 0.15) is 0 Å². The molecule has 0 amide bonds. The van der Waals surface area contributed by atoms with E-state index in [2.05, 4.69) is 231 Å². The predicted molar refractivity (Wildman–Crippen MR) is 289 cm³/mol. The number of fused-ring (bicyclic) bond motifs is 10. The van der Waals surface area contributed by atoms with Crippen molar-refractivity contribution in [3.05, 3.63) is 231 Å². The van der Waals surface area contributed by atoms with Crippen molar-refractivity contribution in [2.24, 2.45) is 0 Å². The molecule has 306 valence electrons. The Labute approximate surface area is 389 Å². The zero-order chi connectivity index (χ0) is 43.3. The Morgan fingerprint density at radius 1 is 0.197 bits per heavy atom. The summed E-state index contributed by atoms with van der Waals surface area (Å²) in [4.78, 5) is 0. The summed E-state index contributed by atoms with van der Waals surface area (Å²) in [5, 5.41) is 15.4. The summed E-state index contributed by atoms with van der Waals surface area (Å²) >= 11 is 3.78. The lowest BCUT2D eigenvalue weighted by molar-refractivity contribution is 1.66. The van der Waals surface area contributed by atoms with Crippen LogP contribution in [0.1, 0.15) is 0 Å². The number of hydrogen-bond acceptors (Lipinski definition) is 2. The van der Waals surface area contributed by atoms with Gasteiger partial charge in [-0.3, -0.25) is 0 Å². The molecule has 0 radical (unpaired) electrons. The first-order chi connectivity index (χ1) is 32.7. The number of thiophene rings is 2. The molecular weight excluding hydrogens is 833 g/mol. The average molecular weight is 871 g/mol. The molecule has 0 nitrogen and oxygen atoms in total. The van der Waals surface area contributed by atoms with E-state index in [1.165, 1.54) is 139 Å². The molecule has 0 bridgehead atoms. The van der Waals surface area contributed by atoms with E-state index < -0.39 is 0 Å². The van der Waals surface area contributed by atoms with Crippen LogP contribution in [0.2, 0.25) is 0 Å². The summed E-state index contributed by atoms with van der Waals surface area (Å²) in [7, 11) is 0. The van der Waals surface area contributed by atoms with Crippen LogP contribution in [0.15, 0.2) is 231 Å². The van der Waals surface area contributed by atoms with Crippen molar-refractivity contribution in [1.29, 1.82) is 0 Å². The molecule has 0 fully saturated rings. The van der Waals surface area contributed by atoms with E-state index in [-0.39, 0.29) is 0 Å². The second-order valence-corrected chi connectivity index (χ2v) is 19.6. The van der Waals surface area contributed by atoms with Gasteiger partial charge < -0.3 is 0 Å². The molecule has 0 atom stereocenters. The minimum Gasteiger partial charge on any atom is -0.135 e. The van der Waals surface area contributed by atoms with E-state index in [9.17, 15) is 0 Å². The Hall–Kier alpha value is -7.88. The minimum atomic E-state index is 1.24. The maximum atomic E-state index is 2.45. The van der Waals surface area contributed by atoms with Crippen molar-refractivity contribution in [3.8, 4) is 55.6 Å². The van der Waals surface area contributed by atoms with Crippen LogP contribution < -0.4 is 0 Å². The fourth-order valence-corrected chi connectivity index (χ4v) is 13.3. The molecule has 2 aromatic heterocycles. The van der Waals surface area contributed by atoms with Gasteiger partial charge in [-0.2, -0.15) is 0 Å². The number of hydrogen-bond donors (Lipinski definition) is 0. The first-order valence-electron chi connectivity index (χ1n) is 22.7. The van der Waals surface area contributed by atoms with Crippen molar-refractivity contribution in [2.75, 3.05) is 0 Å². The highest BCUT2D eigenvalue weighted by atomic mass is 32.1. The quantitative estimate of drug-likeness (QED) is 0.151. The van der Waals surface area contributed by atoms with Crippen molar-refractivity contribution in [3.63, 3.8) is 0 Å². The van der Waals surface area contributed by atoms with Gasteiger partial charge >= 0.3 is 0 Å². The van der Waals surface area contributed by atoms with Crippen LogP contribution in [0, 0.1) is 0 Å². The highest BCUT2D eigenvalue weighted by molar-refractivity contribution is 7.26. The molecule has 0 saturated heterocycles. The van der Waals surface area contributed by atoms with E-state index in [1.807, 2.05) is 22.7 Å². The number of rotatable bonds is 5. The molecule has 0 aliphatic heterocycles. The van der Waals surface area contributed by atoms with Crippen molar-refractivity contribution < 1.29 is 0 Å². The second-order valence-electron chi connectivity index (χ2n) is 17.4. The molecule has 14 aromatic rings. The van der Waals surface area contributed by atoms with Gasteiger partial charge in [-0.1, -0.05) is 194 Å². The summed E-state index contributed by atoms with van der Waals surface area (Å²) in [5.74, 6) is 0. The lowest BCUT2D eigenvalue weighted by atomic mass is 9.84. The molecule has 0 spiro atoms.